The van der Waals surface area contributed by atoms with Crippen LogP contribution < -0.4 is 0 Å². The number of carbonyl (C=O) groups excluding carboxylic acids is 1. The number of ether oxygens (including phenoxy) is 1. The number of likely N-dealkylation sites (N-methyl/N-ethyl adjacent to an activating group) is 1. The Kier molecular flexibility index (Phi) is 4.62. The lowest BCUT2D eigenvalue weighted by Crippen LogP contribution is -2.31. The lowest BCUT2D eigenvalue weighted by molar-refractivity contribution is 0.0667. The Morgan fingerprint density at radius 2 is 2.00 bits per heavy atom. The fourth-order valence-corrected chi connectivity index (χ4v) is 1.58. The van der Waals surface area contributed by atoms with Crippen molar-refractivity contribution >= 4 is 11.9 Å². The van der Waals surface area contributed by atoms with E-state index in [0.29, 0.717) is 19.1 Å². The summed E-state index contributed by atoms with van der Waals surface area (Å²) in [4.78, 5) is 31.6. The van der Waals surface area contributed by atoms with Crippen molar-refractivity contribution < 1.29 is 19.4 Å². The summed E-state index contributed by atoms with van der Waals surface area (Å²) >= 11 is 0. The lowest BCUT2D eigenvalue weighted by Gasteiger charge is -2.16. The van der Waals surface area contributed by atoms with Gasteiger partial charge in [-0.3, -0.25) is 4.79 Å². The van der Waals surface area contributed by atoms with Crippen molar-refractivity contribution in [2.24, 2.45) is 5.92 Å². The topological polar surface area (TPSA) is 92.6 Å². The molecule has 1 aromatic rings. The molecule has 7 heteroatoms. The van der Waals surface area contributed by atoms with Gasteiger partial charge in [-0.1, -0.05) is 0 Å². The maximum Gasteiger partial charge on any atom is 0.356 e. The molecular weight excluding hydrogens is 262 g/mol. The smallest absolute Gasteiger partial charge is 0.356 e. The van der Waals surface area contributed by atoms with Crippen LogP contribution >= 0.6 is 0 Å². The van der Waals surface area contributed by atoms with Crippen LogP contribution in [0.25, 0.3) is 0 Å². The number of aromatic carboxylic acids is 1. The van der Waals surface area contributed by atoms with Gasteiger partial charge in [0.05, 0.1) is 19.0 Å². The van der Waals surface area contributed by atoms with Gasteiger partial charge in [0, 0.05) is 20.2 Å². The third-order valence-corrected chi connectivity index (χ3v) is 3.06. The van der Waals surface area contributed by atoms with Gasteiger partial charge in [-0.2, -0.15) is 0 Å². The third kappa shape index (κ3) is 3.99. The molecule has 0 aliphatic heterocycles. The summed E-state index contributed by atoms with van der Waals surface area (Å²) in [6.45, 7) is 1.71. The van der Waals surface area contributed by atoms with Crippen molar-refractivity contribution in [3.63, 3.8) is 0 Å². The first-order chi connectivity index (χ1) is 9.58. The van der Waals surface area contributed by atoms with Crippen LogP contribution in [0.2, 0.25) is 0 Å². The van der Waals surface area contributed by atoms with Gasteiger partial charge >= 0.3 is 5.97 Å². The molecule has 0 bridgehead atoms. The van der Waals surface area contributed by atoms with Crippen molar-refractivity contribution in [1.82, 2.24) is 14.9 Å². The third-order valence-electron chi connectivity index (χ3n) is 3.06. The fourth-order valence-electron chi connectivity index (χ4n) is 1.58. The van der Waals surface area contributed by atoms with E-state index in [1.54, 1.807) is 7.05 Å². The van der Waals surface area contributed by atoms with E-state index in [1.165, 1.54) is 23.9 Å². The molecule has 108 valence electrons. The molecule has 2 rings (SSSR count). The summed E-state index contributed by atoms with van der Waals surface area (Å²) in [6, 6.07) is 0. The second-order valence-corrected chi connectivity index (χ2v) is 4.84. The zero-order chi connectivity index (χ0) is 14.5. The van der Waals surface area contributed by atoms with Crippen LogP contribution in [0.3, 0.4) is 0 Å². The van der Waals surface area contributed by atoms with Crippen LogP contribution in [0, 0.1) is 5.92 Å². The number of aromatic nitrogens is 2. The van der Waals surface area contributed by atoms with Crippen LogP contribution in [-0.4, -0.2) is 58.7 Å². The molecule has 1 aliphatic carbocycles. The molecule has 1 heterocycles. The molecule has 0 aromatic carbocycles. The Hall–Kier alpha value is -2.02. The molecule has 1 aromatic heterocycles. The molecule has 20 heavy (non-hydrogen) atoms. The first-order valence-electron chi connectivity index (χ1n) is 6.46. The Morgan fingerprint density at radius 3 is 2.55 bits per heavy atom. The molecular formula is C13H17N3O4. The van der Waals surface area contributed by atoms with E-state index >= 15 is 0 Å². The minimum atomic E-state index is -1.17. The van der Waals surface area contributed by atoms with E-state index in [0.717, 1.165) is 12.8 Å². The standard InChI is InChI=1S/C13H17N3O4/c1-16(4-5-20-8-9-2-3-9)12(17)10-6-15-11(7-14-10)13(18)19/h6-7,9H,2-5,8H2,1H3,(H,18,19). The Bertz CT molecular complexity index is 485. The van der Waals surface area contributed by atoms with Gasteiger partial charge in [-0.15, -0.1) is 0 Å². The highest BCUT2D eigenvalue weighted by Crippen LogP contribution is 2.28. The summed E-state index contributed by atoms with van der Waals surface area (Å²) in [5.74, 6) is -0.770. The number of nitrogens with zero attached hydrogens (tertiary/aromatic N) is 3. The van der Waals surface area contributed by atoms with E-state index < -0.39 is 5.97 Å². The minimum Gasteiger partial charge on any atom is -0.476 e. The van der Waals surface area contributed by atoms with Gasteiger partial charge in [-0.25, -0.2) is 14.8 Å². The number of hydrogen-bond donors (Lipinski definition) is 1. The van der Waals surface area contributed by atoms with Crippen LogP contribution in [0.15, 0.2) is 12.4 Å². The fraction of sp³-hybridized carbons (Fsp3) is 0.538. The Morgan fingerprint density at radius 1 is 1.35 bits per heavy atom. The SMILES string of the molecule is CN(CCOCC1CC1)C(=O)c1cnc(C(=O)O)cn1. The summed E-state index contributed by atoms with van der Waals surface area (Å²) in [5.41, 5.74) is -0.0586. The summed E-state index contributed by atoms with van der Waals surface area (Å²) in [7, 11) is 1.65. The number of carboxylic acids is 1. The molecule has 1 fully saturated rings. The molecule has 1 aliphatic rings. The van der Waals surface area contributed by atoms with E-state index in [2.05, 4.69) is 9.97 Å². The van der Waals surface area contributed by atoms with Gasteiger partial charge in [0.1, 0.15) is 5.69 Å². The molecule has 1 N–H and O–H groups in total. The average Bonchev–Trinajstić information content (AvgIpc) is 3.26. The van der Waals surface area contributed by atoms with Gasteiger partial charge in [0.15, 0.2) is 5.69 Å². The van der Waals surface area contributed by atoms with Gasteiger partial charge in [0.2, 0.25) is 0 Å². The van der Waals surface area contributed by atoms with Gasteiger partial charge in [-0.05, 0) is 18.8 Å². The number of rotatable bonds is 7. The van der Waals surface area contributed by atoms with E-state index in [9.17, 15) is 9.59 Å². The normalized spacial score (nSPS) is 14.1. The van der Waals surface area contributed by atoms with Crippen LogP contribution in [-0.2, 0) is 4.74 Å². The zero-order valence-corrected chi connectivity index (χ0v) is 11.3. The molecule has 1 saturated carbocycles. The monoisotopic (exact) mass is 279 g/mol. The summed E-state index contributed by atoms with van der Waals surface area (Å²) in [5, 5.41) is 8.70. The highest BCUT2D eigenvalue weighted by Gasteiger charge is 2.21. The molecule has 0 saturated heterocycles. The van der Waals surface area contributed by atoms with Crippen LogP contribution in [0.1, 0.15) is 33.8 Å². The number of carbonyl (C=O) groups is 2. The highest BCUT2D eigenvalue weighted by molar-refractivity contribution is 5.92. The second-order valence-electron chi connectivity index (χ2n) is 4.84. The van der Waals surface area contributed by atoms with E-state index in [4.69, 9.17) is 9.84 Å². The van der Waals surface area contributed by atoms with Crippen molar-refractivity contribution in [2.75, 3.05) is 26.8 Å². The predicted molar refractivity (Wildman–Crippen MR) is 69.5 cm³/mol. The van der Waals surface area contributed by atoms with Crippen molar-refractivity contribution in [3.05, 3.63) is 23.8 Å². The maximum absolute atomic E-state index is 12.0. The number of carboxylic acid groups (broad SMARTS) is 1. The molecule has 7 nitrogen and oxygen atoms in total. The quantitative estimate of drug-likeness (QED) is 0.737. The molecule has 0 spiro atoms. The van der Waals surface area contributed by atoms with Crippen molar-refractivity contribution in [3.8, 4) is 0 Å². The largest absolute Gasteiger partial charge is 0.476 e. The van der Waals surface area contributed by atoms with Crippen molar-refractivity contribution in [2.45, 2.75) is 12.8 Å². The summed E-state index contributed by atoms with van der Waals surface area (Å²) < 4.78 is 5.46. The van der Waals surface area contributed by atoms with Gasteiger partial charge < -0.3 is 14.7 Å². The van der Waals surface area contributed by atoms with Crippen molar-refractivity contribution in [1.29, 1.82) is 0 Å². The molecule has 0 unspecified atom stereocenters. The van der Waals surface area contributed by atoms with Crippen LogP contribution in [0.5, 0.6) is 0 Å². The Balaban J connectivity index is 1.80. The van der Waals surface area contributed by atoms with E-state index in [-0.39, 0.29) is 17.3 Å². The highest BCUT2D eigenvalue weighted by atomic mass is 16.5. The first-order valence-corrected chi connectivity index (χ1v) is 6.46. The zero-order valence-electron chi connectivity index (χ0n) is 11.3. The average molecular weight is 279 g/mol. The summed E-state index contributed by atoms with van der Waals surface area (Å²) in [6.07, 6.45) is 4.72. The number of amides is 1. The lowest BCUT2D eigenvalue weighted by atomic mass is 10.3. The van der Waals surface area contributed by atoms with E-state index in [1.807, 2.05) is 0 Å². The molecule has 0 atom stereocenters. The predicted octanol–water partition coefficient (Wildman–Crippen LogP) is 0.673. The molecule has 0 radical (unpaired) electrons. The van der Waals surface area contributed by atoms with Crippen LogP contribution in [0.4, 0.5) is 0 Å². The molecule has 1 amide bonds. The maximum atomic E-state index is 12.0. The van der Waals surface area contributed by atoms with Gasteiger partial charge in [0.25, 0.3) is 5.91 Å². The minimum absolute atomic E-state index is 0.125. The second kappa shape index (κ2) is 6.42. The number of hydrogen-bond acceptors (Lipinski definition) is 5. The Labute approximate surface area is 116 Å². The first kappa shape index (κ1) is 14.4.